The molecule has 0 spiro atoms. The van der Waals surface area contributed by atoms with E-state index in [1.807, 2.05) is 11.9 Å². The molecule has 1 saturated heterocycles. The zero-order valence-electron chi connectivity index (χ0n) is 16.0. The number of likely N-dealkylation sites (tertiary alicyclic amines) is 1. The Bertz CT molecular complexity index is 755. The summed E-state index contributed by atoms with van der Waals surface area (Å²) in [7, 11) is -1.66. The Morgan fingerprint density at radius 3 is 2.30 bits per heavy atom. The van der Waals surface area contributed by atoms with Crippen LogP contribution >= 0.6 is 12.4 Å². The second kappa shape index (κ2) is 9.37. The van der Waals surface area contributed by atoms with Gasteiger partial charge in [-0.2, -0.15) is 0 Å². The average molecular weight is 416 g/mol. The van der Waals surface area contributed by atoms with Gasteiger partial charge in [-0.15, -0.1) is 12.4 Å². The van der Waals surface area contributed by atoms with E-state index in [-0.39, 0.29) is 29.3 Å². The molecule has 0 aromatic heterocycles. The SMILES string of the molecule is CNC1CCN(C(=O)c2ccc(C)c(S(=O)(=O)NC3CCCC3)c2)CC1.Cl. The van der Waals surface area contributed by atoms with Gasteiger partial charge in [-0.05, 0) is 57.4 Å². The Morgan fingerprint density at radius 2 is 1.70 bits per heavy atom. The third-order valence-corrected chi connectivity index (χ3v) is 7.25. The van der Waals surface area contributed by atoms with Crippen LogP contribution in [0.4, 0.5) is 0 Å². The molecule has 1 aromatic carbocycles. The van der Waals surface area contributed by atoms with Gasteiger partial charge in [0.25, 0.3) is 5.91 Å². The van der Waals surface area contributed by atoms with Crippen LogP contribution in [-0.2, 0) is 10.0 Å². The van der Waals surface area contributed by atoms with E-state index < -0.39 is 10.0 Å². The summed E-state index contributed by atoms with van der Waals surface area (Å²) in [6.07, 6.45) is 5.74. The molecule has 0 bridgehead atoms. The highest BCUT2D eigenvalue weighted by atomic mass is 35.5. The zero-order chi connectivity index (χ0) is 18.7. The van der Waals surface area contributed by atoms with Crippen molar-refractivity contribution in [3.8, 4) is 0 Å². The molecule has 1 amide bonds. The molecule has 27 heavy (non-hydrogen) atoms. The molecule has 1 heterocycles. The van der Waals surface area contributed by atoms with E-state index in [4.69, 9.17) is 0 Å². The molecule has 2 N–H and O–H groups in total. The number of piperidine rings is 1. The number of carbonyl (C=O) groups excluding carboxylic acids is 1. The topological polar surface area (TPSA) is 78.5 Å². The Morgan fingerprint density at radius 1 is 1.07 bits per heavy atom. The fourth-order valence-corrected chi connectivity index (χ4v) is 5.48. The summed E-state index contributed by atoms with van der Waals surface area (Å²) < 4.78 is 28.4. The number of halogens is 1. The van der Waals surface area contributed by atoms with Crippen LogP contribution in [0, 0.1) is 6.92 Å². The van der Waals surface area contributed by atoms with Crippen LogP contribution in [0.2, 0.25) is 0 Å². The molecule has 3 rings (SSSR count). The molecular formula is C19H30ClN3O3S. The fraction of sp³-hybridized carbons (Fsp3) is 0.632. The molecule has 6 nitrogen and oxygen atoms in total. The fourth-order valence-electron chi connectivity index (χ4n) is 3.90. The normalized spacial score (nSPS) is 19.1. The summed E-state index contributed by atoms with van der Waals surface area (Å²) >= 11 is 0. The molecule has 1 aliphatic carbocycles. The van der Waals surface area contributed by atoms with Gasteiger partial charge in [0, 0.05) is 30.7 Å². The highest BCUT2D eigenvalue weighted by molar-refractivity contribution is 7.89. The molecule has 152 valence electrons. The van der Waals surface area contributed by atoms with E-state index in [0.29, 0.717) is 30.3 Å². The molecule has 8 heteroatoms. The number of sulfonamides is 1. The predicted molar refractivity (Wildman–Crippen MR) is 109 cm³/mol. The minimum atomic E-state index is -3.60. The molecule has 2 fully saturated rings. The van der Waals surface area contributed by atoms with Gasteiger partial charge in [-0.25, -0.2) is 13.1 Å². The summed E-state index contributed by atoms with van der Waals surface area (Å²) in [4.78, 5) is 14.9. The first kappa shape index (κ1) is 22.1. The largest absolute Gasteiger partial charge is 0.339 e. The Hall–Kier alpha value is -1.15. The maximum Gasteiger partial charge on any atom is 0.253 e. The summed E-state index contributed by atoms with van der Waals surface area (Å²) in [5, 5.41) is 3.25. The van der Waals surface area contributed by atoms with E-state index in [9.17, 15) is 13.2 Å². The van der Waals surface area contributed by atoms with Gasteiger partial charge in [0.05, 0.1) is 4.90 Å². The highest BCUT2D eigenvalue weighted by Crippen LogP contribution is 2.23. The van der Waals surface area contributed by atoms with Crippen molar-refractivity contribution in [3.63, 3.8) is 0 Å². The molecule has 0 unspecified atom stereocenters. The molecule has 1 aliphatic heterocycles. The van der Waals surface area contributed by atoms with Crippen LogP contribution < -0.4 is 10.0 Å². The number of benzene rings is 1. The number of nitrogens with one attached hydrogen (secondary N) is 2. The lowest BCUT2D eigenvalue weighted by atomic mass is 10.0. The summed E-state index contributed by atoms with van der Waals surface area (Å²) in [5.74, 6) is -0.0862. The third kappa shape index (κ3) is 5.22. The monoisotopic (exact) mass is 415 g/mol. The number of hydrogen-bond donors (Lipinski definition) is 2. The molecule has 2 aliphatic rings. The number of rotatable bonds is 5. The third-order valence-electron chi connectivity index (χ3n) is 5.59. The minimum Gasteiger partial charge on any atom is -0.339 e. The van der Waals surface area contributed by atoms with Crippen LogP contribution in [0.5, 0.6) is 0 Å². The Kier molecular flexibility index (Phi) is 7.68. The molecular weight excluding hydrogens is 386 g/mol. The number of nitrogens with zero attached hydrogens (tertiary/aromatic N) is 1. The number of amides is 1. The van der Waals surface area contributed by atoms with Crippen molar-refractivity contribution >= 4 is 28.3 Å². The van der Waals surface area contributed by atoms with Crippen molar-refractivity contribution in [1.82, 2.24) is 14.9 Å². The lowest BCUT2D eigenvalue weighted by molar-refractivity contribution is 0.0707. The lowest BCUT2D eigenvalue weighted by Gasteiger charge is -2.32. The maximum atomic E-state index is 12.8. The second-order valence-electron chi connectivity index (χ2n) is 7.44. The Balaban J connectivity index is 0.00000261. The first-order valence-corrected chi connectivity index (χ1v) is 11.0. The van der Waals surface area contributed by atoms with Gasteiger partial charge in [0.2, 0.25) is 10.0 Å². The van der Waals surface area contributed by atoms with Crippen LogP contribution in [0.3, 0.4) is 0 Å². The molecule has 0 atom stereocenters. The van der Waals surface area contributed by atoms with Crippen LogP contribution in [0.25, 0.3) is 0 Å². The zero-order valence-corrected chi connectivity index (χ0v) is 17.7. The summed E-state index contributed by atoms with van der Waals surface area (Å²) in [6.45, 7) is 3.16. The van der Waals surface area contributed by atoms with Gasteiger partial charge in [0.15, 0.2) is 0 Å². The highest BCUT2D eigenvalue weighted by Gasteiger charge is 2.27. The number of aryl methyl sites for hydroxylation is 1. The van der Waals surface area contributed by atoms with Crippen molar-refractivity contribution in [2.45, 2.75) is 62.4 Å². The van der Waals surface area contributed by atoms with Crippen molar-refractivity contribution in [1.29, 1.82) is 0 Å². The quantitative estimate of drug-likeness (QED) is 0.774. The first-order chi connectivity index (χ1) is 12.4. The van der Waals surface area contributed by atoms with Crippen molar-refractivity contribution in [2.24, 2.45) is 0 Å². The van der Waals surface area contributed by atoms with E-state index >= 15 is 0 Å². The molecule has 1 aromatic rings. The molecule has 1 saturated carbocycles. The van der Waals surface area contributed by atoms with Gasteiger partial charge in [0.1, 0.15) is 0 Å². The second-order valence-corrected chi connectivity index (χ2v) is 9.12. The Labute approximate surface area is 168 Å². The number of carbonyl (C=O) groups is 1. The smallest absolute Gasteiger partial charge is 0.253 e. The number of hydrogen-bond acceptors (Lipinski definition) is 4. The van der Waals surface area contributed by atoms with E-state index in [2.05, 4.69) is 10.0 Å². The standard InChI is InChI=1S/C19H29N3O3S.ClH/c1-14-7-8-15(19(23)22-11-9-16(20-2)10-12-22)13-18(14)26(24,25)21-17-5-3-4-6-17;/h7-8,13,16-17,20-21H,3-6,9-12H2,1-2H3;1H. The van der Waals surface area contributed by atoms with Crippen LogP contribution in [0.15, 0.2) is 23.1 Å². The first-order valence-electron chi connectivity index (χ1n) is 9.50. The van der Waals surface area contributed by atoms with Gasteiger partial charge in [-0.1, -0.05) is 18.9 Å². The van der Waals surface area contributed by atoms with E-state index in [1.165, 1.54) is 0 Å². The van der Waals surface area contributed by atoms with Crippen LogP contribution in [-0.4, -0.2) is 51.4 Å². The molecule has 0 radical (unpaired) electrons. The summed E-state index contributed by atoms with van der Waals surface area (Å²) in [6, 6.07) is 5.47. The summed E-state index contributed by atoms with van der Waals surface area (Å²) in [5.41, 5.74) is 1.12. The average Bonchev–Trinajstić information content (AvgIpc) is 3.13. The van der Waals surface area contributed by atoms with Gasteiger partial charge < -0.3 is 10.2 Å². The van der Waals surface area contributed by atoms with Gasteiger partial charge in [-0.3, -0.25) is 4.79 Å². The van der Waals surface area contributed by atoms with Crippen molar-refractivity contribution in [2.75, 3.05) is 20.1 Å². The lowest BCUT2D eigenvalue weighted by Crippen LogP contribution is -2.44. The van der Waals surface area contributed by atoms with Gasteiger partial charge >= 0.3 is 0 Å². The predicted octanol–water partition coefficient (Wildman–Crippen LogP) is 2.46. The van der Waals surface area contributed by atoms with E-state index in [0.717, 1.165) is 38.5 Å². The minimum absolute atomic E-state index is 0. The van der Waals surface area contributed by atoms with Crippen molar-refractivity contribution in [3.05, 3.63) is 29.3 Å². The maximum absolute atomic E-state index is 12.8. The van der Waals surface area contributed by atoms with Crippen molar-refractivity contribution < 1.29 is 13.2 Å². The van der Waals surface area contributed by atoms with E-state index in [1.54, 1.807) is 25.1 Å². The van der Waals surface area contributed by atoms with Crippen LogP contribution in [0.1, 0.15) is 54.4 Å².